The van der Waals surface area contributed by atoms with Gasteiger partial charge in [0.05, 0.1) is 16.1 Å². The average molecular weight is 309 g/mol. The third kappa shape index (κ3) is 2.55. The van der Waals surface area contributed by atoms with Gasteiger partial charge < -0.3 is 0 Å². The summed E-state index contributed by atoms with van der Waals surface area (Å²) in [4.78, 5) is 0. The largest absolute Gasteiger partial charge is 0.270 e. The zero-order valence-electron chi connectivity index (χ0n) is 7.09. The smallest absolute Gasteiger partial charge is 0.231 e. The van der Waals surface area contributed by atoms with Crippen molar-refractivity contribution in [3.05, 3.63) is 0 Å². The van der Waals surface area contributed by atoms with Crippen molar-refractivity contribution < 1.29 is 0 Å². The van der Waals surface area contributed by atoms with Crippen LogP contribution in [0.15, 0.2) is 5.10 Å². The molecule has 0 saturated heterocycles. The first kappa shape index (κ1) is 11.7. The molecule has 1 rings (SSSR count). The molecule has 1 aliphatic rings. The van der Waals surface area contributed by atoms with E-state index in [-0.39, 0.29) is 6.04 Å². The van der Waals surface area contributed by atoms with Gasteiger partial charge in [-0.25, -0.2) is 0 Å². The van der Waals surface area contributed by atoms with E-state index < -0.39 is 9.96 Å². The van der Waals surface area contributed by atoms with Crippen molar-refractivity contribution in [1.29, 1.82) is 0 Å². The lowest BCUT2D eigenvalue weighted by Gasteiger charge is -2.34. The van der Waals surface area contributed by atoms with Crippen LogP contribution in [0.2, 0.25) is 0 Å². The van der Waals surface area contributed by atoms with Gasteiger partial charge >= 0.3 is 0 Å². The standard InChI is InChI=1S/C6H9BrCl3N3/c1-4(2)13-5(6(8,9)10)12(7)3-11-13/h3-5H,1-2H3. The lowest BCUT2D eigenvalue weighted by molar-refractivity contribution is 0.144. The quantitative estimate of drug-likeness (QED) is 0.548. The second-order valence-corrected chi connectivity index (χ2v) is 6.15. The van der Waals surface area contributed by atoms with Crippen LogP contribution in [0, 0.1) is 0 Å². The molecule has 0 fully saturated rings. The Bertz CT molecular complexity index is 216. The van der Waals surface area contributed by atoms with E-state index in [0.29, 0.717) is 0 Å². The second kappa shape index (κ2) is 4.01. The number of rotatable bonds is 1. The van der Waals surface area contributed by atoms with E-state index >= 15 is 0 Å². The molecule has 0 aromatic carbocycles. The van der Waals surface area contributed by atoms with Crippen LogP contribution in [0.3, 0.4) is 0 Å². The summed E-state index contributed by atoms with van der Waals surface area (Å²) in [5.41, 5.74) is 0. The molecule has 13 heavy (non-hydrogen) atoms. The third-order valence-electron chi connectivity index (χ3n) is 1.60. The highest BCUT2D eigenvalue weighted by Crippen LogP contribution is 2.39. The Morgan fingerprint density at radius 1 is 1.46 bits per heavy atom. The van der Waals surface area contributed by atoms with E-state index in [0.717, 1.165) is 0 Å². The number of nitrogens with zero attached hydrogens (tertiary/aromatic N) is 3. The lowest BCUT2D eigenvalue weighted by atomic mass is 10.3. The number of hydrogen-bond donors (Lipinski definition) is 0. The molecule has 0 saturated carbocycles. The Kier molecular flexibility index (Phi) is 3.60. The maximum Gasteiger partial charge on any atom is 0.231 e. The van der Waals surface area contributed by atoms with Crippen LogP contribution in [0.1, 0.15) is 13.8 Å². The summed E-state index contributed by atoms with van der Waals surface area (Å²) in [7, 11) is 0. The van der Waals surface area contributed by atoms with Crippen LogP contribution in [-0.2, 0) is 0 Å². The summed E-state index contributed by atoms with van der Waals surface area (Å²) in [6.07, 6.45) is 1.17. The minimum absolute atomic E-state index is 0.180. The van der Waals surface area contributed by atoms with E-state index in [1.807, 2.05) is 13.8 Å². The van der Waals surface area contributed by atoms with Crippen molar-refractivity contribution in [3.8, 4) is 0 Å². The first-order chi connectivity index (χ1) is 5.84. The molecule has 7 heteroatoms. The molecule has 0 aromatic rings. The predicted octanol–water partition coefficient (Wildman–Crippen LogP) is 2.96. The van der Waals surface area contributed by atoms with E-state index in [1.54, 1.807) is 15.3 Å². The van der Waals surface area contributed by atoms with Gasteiger partial charge in [0.2, 0.25) is 3.79 Å². The molecule has 1 heterocycles. The van der Waals surface area contributed by atoms with E-state index in [4.69, 9.17) is 34.8 Å². The van der Waals surface area contributed by atoms with Crippen molar-refractivity contribution in [1.82, 2.24) is 8.93 Å². The molecular weight excluding hydrogens is 300 g/mol. The minimum atomic E-state index is -1.40. The molecule has 0 amide bonds. The summed E-state index contributed by atoms with van der Waals surface area (Å²) >= 11 is 20.7. The zero-order valence-corrected chi connectivity index (χ0v) is 10.9. The molecule has 1 aliphatic heterocycles. The van der Waals surface area contributed by atoms with Gasteiger partial charge in [-0.1, -0.05) is 34.8 Å². The molecule has 3 nitrogen and oxygen atoms in total. The van der Waals surface area contributed by atoms with Gasteiger partial charge in [0.15, 0.2) is 6.17 Å². The highest BCUT2D eigenvalue weighted by Gasteiger charge is 2.44. The molecule has 0 aliphatic carbocycles. The summed E-state index contributed by atoms with van der Waals surface area (Å²) in [6.45, 7) is 3.96. The van der Waals surface area contributed by atoms with Crippen LogP contribution in [-0.4, -0.2) is 31.3 Å². The van der Waals surface area contributed by atoms with Crippen molar-refractivity contribution in [2.75, 3.05) is 0 Å². The van der Waals surface area contributed by atoms with E-state index in [9.17, 15) is 0 Å². The number of hydrazone groups is 1. The Hall–Kier alpha value is 0.620. The molecule has 0 aromatic heterocycles. The lowest BCUT2D eigenvalue weighted by Crippen LogP contribution is -2.47. The van der Waals surface area contributed by atoms with Gasteiger partial charge in [-0.05, 0) is 13.8 Å². The Morgan fingerprint density at radius 3 is 2.31 bits per heavy atom. The number of alkyl halides is 3. The third-order valence-corrected chi connectivity index (χ3v) is 2.76. The molecular formula is C6H9BrCl3N3. The summed E-state index contributed by atoms with van der Waals surface area (Å²) < 4.78 is 0.199. The normalized spacial score (nSPS) is 23.5. The van der Waals surface area contributed by atoms with Crippen molar-refractivity contribution in [2.45, 2.75) is 29.8 Å². The summed E-state index contributed by atoms with van der Waals surface area (Å²) in [5.74, 6) is 0. The molecule has 0 bridgehead atoms. The summed E-state index contributed by atoms with van der Waals surface area (Å²) in [6, 6.07) is 0.180. The Labute approximate surface area is 101 Å². The summed E-state index contributed by atoms with van der Waals surface area (Å²) in [5, 5.41) is 5.82. The van der Waals surface area contributed by atoms with Crippen molar-refractivity contribution >= 4 is 57.3 Å². The van der Waals surface area contributed by atoms with Gasteiger partial charge in [-0.15, -0.1) is 0 Å². The van der Waals surface area contributed by atoms with Gasteiger partial charge in [-0.2, -0.15) is 5.10 Å². The number of halogens is 4. The predicted molar refractivity (Wildman–Crippen MR) is 60.3 cm³/mol. The van der Waals surface area contributed by atoms with Crippen LogP contribution in [0.5, 0.6) is 0 Å². The Balaban J connectivity index is 2.82. The van der Waals surface area contributed by atoms with Crippen LogP contribution in [0.25, 0.3) is 0 Å². The average Bonchev–Trinajstić information content (AvgIpc) is 2.28. The molecule has 76 valence electrons. The Morgan fingerprint density at radius 2 is 2.00 bits per heavy atom. The van der Waals surface area contributed by atoms with Crippen molar-refractivity contribution in [2.24, 2.45) is 5.10 Å². The van der Waals surface area contributed by atoms with Gasteiger partial charge in [0.1, 0.15) is 6.34 Å². The highest BCUT2D eigenvalue weighted by atomic mass is 79.9. The molecule has 0 radical (unpaired) electrons. The van der Waals surface area contributed by atoms with Gasteiger partial charge in [0.25, 0.3) is 0 Å². The van der Waals surface area contributed by atoms with Gasteiger partial charge in [-0.3, -0.25) is 8.93 Å². The fraction of sp³-hybridized carbons (Fsp3) is 0.833. The highest BCUT2D eigenvalue weighted by molar-refractivity contribution is 9.07. The molecule has 0 spiro atoms. The van der Waals surface area contributed by atoms with Crippen LogP contribution in [0.4, 0.5) is 0 Å². The molecule has 0 N–H and O–H groups in total. The maximum absolute atomic E-state index is 5.81. The first-order valence-corrected chi connectivity index (χ1v) is 5.51. The monoisotopic (exact) mass is 307 g/mol. The minimum Gasteiger partial charge on any atom is -0.270 e. The van der Waals surface area contributed by atoms with Gasteiger partial charge in [0, 0.05) is 6.04 Å². The fourth-order valence-corrected chi connectivity index (χ4v) is 2.60. The van der Waals surface area contributed by atoms with Crippen LogP contribution < -0.4 is 0 Å². The van der Waals surface area contributed by atoms with E-state index in [1.165, 1.54) is 0 Å². The maximum atomic E-state index is 5.81. The second-order valence-electron chi connectivity index (χ2n) is 2.96. The number of hydrogen-bond acceptors (Lipinski definition) is 3. The topological polar surface area (TPSA) is 18.8 Å². The molecule has 1 unspecified atom stereocenters. The molecule has 1 atom stereocenters. The van der Waals surface area contributed by atoms with Crippen LogP contribution >= 0.6 is 51.0 Å². The first-order valence-electron chi connectivity index (χ1n) is 3.67. The van der Waals surface area contributed by atoms with E-state index in [2.05, 4.69) is 21.2 Å². The zero-order chi connectivity index (χ0) is 10.2. The fourth-order valence-electron chi connectivity index (χ4n) is 1.05. The van der Waals surface area contributed by atoms with Crippen molar-refractivity contribution in [3.63, 3.8) is 0 Å². The SMILES string of the molecule is CC(C)N1N=CN(Br)C1C(Cl)(Cl)Cl.